The molecule has 0 fully saturated rings. The van der Waals surface area contributed by atoms with E-state index in [0.29, 0.717) is 11.5 Å². The molecule has 0 saturated heterocycles. The van der Waals surface area contributed by atoms with Crippen molar-refractivity contribution in [2.24, 2.45) is 0 Å². The summed E-state index contributed by atoms with van der Waals surface area (Å²) in [5.41, 5.74) is 0. The number of amides is 2. The highest BCUT2D eigenvalue weighted by Gasteiger charge is 2.27. The largest absolute Gasteiger partial charge is 0.390 e. The normalized spacial score (nSPS) is 13.0. The van der Waals surface area contributed by atoms with Crippen LogP contribution in [0.2, 0.25) is 0 Å². The van der Waals surface area contributed by atoms with E-state index in [9.17, 15) is 19.2 Å². The number of ether oxygens (including phenoxy) is 1. The number of rotatable bonds is 8. The minimum atomic E-state index is -0.946. The van der Waals surface area contributed by atoms with E-state index >= 15 is 0 Å². The lowest BCUT2D eigenvalue weighted by Crippen LogP contribution is -2.46. The second kappa shape index (κ2) is 10.5. The van der Waals surface area contributed by atoms with Crippen LogP contribution in [0, 0.1) is 0 Å². The van der Waals surface area contributed by atoms with E-state index in [1.54, 1.807) is 0 Å². The Bertz CT molecular complexity index is 367. The van der Waals surface area contributed by atoms with Crippen LogP contribution >= 0.6 is 25.3 Å². The van der Waals surface area contributed by atoms with Gasteiger partial charge in [-0.3, -0.25) is 9.59 Å². The number of thiol groups is 2. The lowest BCUT2D eigenvalue weighted by atomic mass is 10.2. The standard InChI is InChI=1S/C12H20N2O5S2/c1-7(15)13-9(3-5-20)11(17)19-12(18)10(4-6-21)14-8(2)16/h9-10,20-21H,3-6H2,1-2H3,(H,13,15)(H,14,16). The van der Waals surface area contributed by atoms with Gasteiger partial charge in [-0.1, -0.05) is 0 Å². The van der Waals surface area contributed by atoms with Gasteiger partial charge in [0.2, 0.25) is 11.8 Å². The van der Waals surface area contributed by atoms with Crippen LogP contribution in [0.5, 0.6) is 0 Å². The van der Waals surface area contributed by atoms with Crippen LogP contribution in [-0.4, -0.2) is 47.3 Å². The summed E-state index contributed by atoms with van der Waals surface area (Å²) in [4.78, 5) is 45.7. The lowest BCUT2D eigenvalue weighted by Gasteiger charge is -2.18. The molecule has 9 heteroatoms. The Kier molecular flexibility index (Phi) is 9.89. The van der Waals surface area contributed by atoms with E-state index in [1.165, 1.54) is 13.8 Å². The highest BCUT2D eigenvalue weighted by Crippen LogP contribution is 2.03. The molecule has 2 unspecified atom stereocenters. The predicted octanol–water partition coefficient (Wildman–Crippen LogP) is -0.295. The molecule has 0 rings (SSSR count). The molecule has 2 N–H and O–H groups in total. The molecule has 0 aliphatic rings. The number of carbonyl (C=O) groups excluding carboxylic acids is 4. The second-order valence-corrected chi connectivity index (χ2v) is 5.17. The zero-order valence-electron chi connectivity index (χ0n) is 11.9. The van der Waals surface area contributed by atoms with Crippen molar-refractivity contribution in [1.29, 1.82) is 0 Å². The first-order valence-electron chi connectivity index (χ1n) is 6.33. The Morgan fingerprint density at radius 3 is 1.43 bits per heavy atom. The molecule has 0 radical (unpaired) electrons. The summed E-state index contributed by atoms with van der Waals surface area (Å²) in [6, 6.07) is -1.89. The molecule has 0 aliphatic heterocycles. The quantitative estimate of drug-likeness (QED) is 0.277. The number of hydrogen-bond acceptors (Lipinski definition) is 7. The van der Waals surface area contributed by atoms with E-state index in [2.05, 4.69) is 35.9 Å². The van der Waals surface area contributed by atoms with Gasteiger partial charge in [-0.05, 0) is 24.3 Å². The topological polar surface area (TPSA) is 102 Å². The number of hydrogen-bond donors (Lipinski definition) is 4. The molecule has 0 aliphatic carbocycles. The summed E-state index contributed by atoms with van der Waals surface area (Å²) in [5, 5.41) is 4.76. The molecular formula is C12H20N2O5S2. The van der Waals surface area contributed by atoms with E-state index in [4.69, 9.17) is 4.74 Å². The monoisotopic (exact) mass is 336 g/mol. The number of nitrogens with one attached hydrogen (secondary N) is 2. The summed E-state index contributed by atoms with van der Waals surface area (Å²) >= 11 is 7.95. The predicted molar refractivity (Wildman–Crippen MR) is 83.2 cm³/mol. The van der Waals surface area contributed by atoms with Crippen molar-refractivity contribution in [3.8, 4) is 0 Å². The third kappa shape index (κ3) is 8.61. The van der Waals surface area contributed by atoms with Crippen molar-refractivity contribution >= 4 is 49.0 Å². The molecule has 2 amide bonds. The smallest absolute Gasteiger partial charge is 0.336 e. The van der Waals surface area contributed by atoms with Crippen molar-refractivity contribution in [2.75, 3.05) is 11.5 Å². The van der Waals surface area contributed by atoms with Crippen molar-refractivity contribution < 1.29 is 23.9 Å². The van der Waals surface area contributed by atoms with Crippen LogP contribution in [0.3, 0.4) is 0 Å². The first-order valence-corrected chi connectivity index (χ1v) is 7.59. The third-order valence-electron chi connectivity index (χ3n) is 2.36. The average Bonchev–Trinajstić information content (AvgIpc) is 2.36. The van der Waals surface area contributed by atoms with Gasteiger partial charge >= 0.3 is 11.9 Å². The van der Waals surface area contributed by atoms with Crippen LogP contribution in [0.15, 0.2) is 0 Å². The maximum absolute atomic E-state index is 11.9. The highest BCUT2D eigenvalue weighted by molar-refractivity contribution is 7.80. The van der Waals surface area contributed by atoms with Gasteiger partial charge in [0, 0.05) is 13.8 Å². The minimum absolute atomic E-state index is 0.228. The summed E-state index contributed by atoms with van der Waals surface area (Å²) < 4.78 is 4.71. The molecule has 0 aromatic heterocycles. The summed E-state index contributed by atoms with van der Waals surface area (Å²) in [6.45, 7) is 2.50. The van der Waals surface area contributed by atoms with Gasteiger partial charge in [0.15, 0.2) is 0 Å². The molecule has 0 aromatic rings. The Hall–Kier alpha value is -1.22. The first-order chi connectivity index (χ1) is 9.81. The van der Waals surface area contributed by atoms with Crippen LogP contribution in [-0.2, 0) is 23.9 Å². The van der Waals surface area contributed by atoms with Crippen LogP contribution in [0.25, 0.3) is 0 Å². The molecule has 2 atom stereocenters. The van der Waals surface area contributed by atoms with Crippen LogP contribution < -0.4 is 10.6 Å². The zero-order chi connectivity index (χ0) is 16.4. The molecule has 0 heterocycles. The van der Waals surface area contributed by atoms with Crippen molar-refractivity contribution in [1.82, 2.24) is 10.6 Å². The van der Waals surface area contributed by atoms with Gasteiger partial charge in [-0.15, -0.1) is 0 Å². The fraction of sp³-hybridized carbons (Fsp3) is 0.667. The van der Waals surface area contributed by atoms with Gasteiger partial charge in [0.25, 0.3) is 0 Å². The molecule has 0 aromatic carbocycles. The molecule has 0 saturated carbocycles. The van der Waals surface area contributed by atoms with E-state index < -0.39 is 35.8 Å². The van der Waals surface area contributed by atoms with Gasteiger partial charge in [-0.25, -0.2) is 9.59 Å². The maximum atomic E-state index is 11.9. The third-order valence-corrected chi connectivity index (χ3v) is 2.88. The minimum Gasteiger partial charge on any atom is -0.390 e. The van der Waals surface area contributed by atoms with E-state index in [-0.39, 0.29) is 12.8 Å². The summed E-state index contributed by atoms with van der Waals surface area (Å²) in [7, 11) is 0. The summed E-state index contributed by atoms with van der Waals surface area (Å²) in [5.74, 6) is -1.92. The van der Waals surface area contributed by atoms with Crippen molar-refractivity contribution in [2.45, 2.75) is 38.8 Å². The van der Waals surface area contributed by atoms with E-state index in [1.807, 2.05) is 0 Å². The zero-order valence-corrected chi connectivity index (χ0v) is 13.7. The number of carbonyl (C=O) groups is 4. The molecule has 120 valence electrons. The fourth-order valence-corrected chi connectivity index (χ4v) is 2.00. The molecule has 21 heavy (non-hydrogen) atoms. The fourth-order valence-electron chi connectivity index (χ4n) is 1.49. The number of esters is 2. The highest BCUT2D eigenvalue weighted by atomic mass is 32.1. The Labute approximate surface area is 134 Å². The Morgan fingerprint density at radius 2 is 1.19 bits per heavy atom. The maximum Gasteiger partial charge on any atom is 0.336 e. The lowest BCUT2D eigenvalue weighted by molar-refractivity contribution is -0.164. The average molecular weight is 336 g/mol. The van der Waals surface area contributed by atoms with Crippen molar-refractivity contribution in [3.05, 3.63) is 0 Å². The van der Waals surface area contributed by atoms with Gasteiger partial charge in [0.05, 0.1) is 0 Å². The SMILES string of the molecule is CC(=O)NC(CCS)C(=O)OC(=O)C(CCS)NC(C)=O. The van der Waals surface area contributed by atoms with E-state index in [0.717, 1.165) is 0 Å². The van der Waals surface area contributed by atoms with Gasteiger partial charge in [-0.2, -0.15) is 25.3 Å². The van der Waals surface area contributed by atoms with Crippen molar-refractivity contribution in [3.63, 3.8) is 0 Å². The summed E-state index contributed by atoms with van der Waals surface area (Å²) in [6.07, 6.45) is 0.457. The Balaban J connectivity index is 4.71. The van der Waals surface area contributed by atoms with Crippen LogP contribution in [0.1, 0.15) is 26.7 Å². The van der Waals surface area contributed by atoms with Crippen LogP contribution in [0.4, 0.5) is 0 Å². The Morgan fingerprint density at radius 1 is 0.857 bits per heavy atom. The van der Waals surface area contributed by atoms with Gasteiger partial charge in [0.1, 0.15) is 12.1 Å². The molecule has 7 nitrogen and oxygen atoms in total. The molecule has 0 spiro atoms. The molecule has 0 bridgehead atoms. The second-order valence-electron chi connectivity index (χ2n) is 4.27. The first kappa shape index (κ1) is 19.8. The van der Waals surface area contributed by atoms with Gasteiger partial charge < -0.3 is 15.4 Å². The molecular weight excluding hydrogens is 316 g/mol.